The predicted octanol–water partition coefficient (Wildman–Crippen LogP) is 4.20. The van der Waals surface area contributed by atoms with Gasteiger partial charge in [0.15, 0.2) is 0 Å². The minimum absolute atomic E-state index is 0.0784. The van der Waals surface area contributed by atoms with Gasteiger partial charge in [-0.2, -0.15) is 0 Å². The average molecular weight is 298 g/mol. The maximum atomic E-state index is 13.5. The van der Waals surface area contributed by atoms with Crippen LogP contribution >= 0.6 is 11.8 Å². The standard InChI is InChI=1S/C14H12F2O3S/c1-8(11-5-6-12(19-11)14(17)18-2)20-13-7-9(15)3-4-10(13)16/h3-8H,1-2H3. The lowest BCUT2D eigenvalue weighted by Crippen LogP contribution is -1.98. The van der Waals surface area contributed by atoms with E-state index in [0.29, 0.717) is 5.76 Å². The van der Waals surface area contributed by atoms with Crippen molar-refractivity contribution in [2.45, 2.75) is 17.1 Å². The lowest BCUT2D eigenvalue weighted by Gasteiger charge is -2.09. The maximum Gasteiger partial charge on any atom is 0.373 e. The van der Waals surface area contributed by atoms with Crippen LogP contribution in [0.25, 0.3) is 0 Å². The van der Waals surface area contributed by atoms with Gasteiger partial charge in [-0.3, -0.25) is 0 Å². The summed E-state index contributed by atoms with van der Waals surface area (Å²) in [5.74, 6) is -1.02. The number of methoxy groups -OCH3 is 1. The molecule has 0 saturated heterocycles. The van der Waals surface area contributed by atoms with E-state index in [1.807, 2.05) is 0 Å². The summed E-state index contributed by atoms with van der Waals surface area (Å²) in [6, 6.07) is 6.36. The van der Waals surface area contributed by atoms with Crippen LogP contribution in [0.15, 0.2) is 39.6 Å². The van der Waals surface area contributed by atoms with Crippen molar-refractivity contribution in [1.82, 2.24) is 0 Å². The molecule has 0 bridgehead atoms. The fourth-order valence-electron chi connectivity index (χ4n) is 1.60. The zero-order valence-electron chi connectivity index (χ0n) is 10.9. The molecule has 1 unspecified atom stereocenters. The molecule has 1 heterocycles. The Morgan fingerprint density at radius 2 is 2.05 bits per heavy atom. The molecule has 6 heteroatoms. The molecule has 0 fully saturated rings. The summed E-state index contributed by atoms with van der Waals surface area (Å²) in [5, 5.41) is -0.273. The number of carbonyl (C=O) groups is 1. The van der Waals surface area contributed by atoms with E-state index in [0.717, 1.165) is 30.0 Å². The van der Waals surface area contributed by atoms with Gasteiger partial charge in [0.2, 0.25) is 5.76 Å². The Morgan fingerprint density at radius 1 is 1.30 bits per heavy atom. The van der Waals surface area contributed by atoms with E-state index in [9.17, 15) is 13.6 Å². The van der Waals surface area contributed by atoms with Crippen molar-refractivity contribution in [3.05, 3.63) is 53.5 Å². The number of ether oxygens (including phenoxy) is 1. The molecular weight excluding hydrogens is 286 g/mol. The van der Waals surface area contributed by atoms with Gasteiger partial charge in [-0.15, -0.1) is 11.8 Å². The monoisotopic (exact) mass is 298 g/mol. The van der Waals surface area contributed by atoms with Crippen LogP contribution in [0, 0.1) is 11.6 Å². The lowest BCUT2D eigenvalue weighted by molar-refractivity contribution is 0.0563. The van der Waals surface area contributed by atoms with Gasteiger partial charge in [0.1, 0.15) is 17.4 Å². The van der Waals surface area contributed by atoms with Gasteiger partial charge >= 0.3 is 5.97 Å². The van der Waals surface area contributed by atoms with Crippen LogP contribution < -0.4 is 0 Å². The summed E-state index contributed by atoms with van der Waals surface area (Å²) in [6.45, 7) is 1.77. The highest BCUT2D eigenvalue weighted by Gasteiger charge is 2.17. The topological polar surface area (TPSA) is 39.4 Å². The second kappa shape index (κ2) is 6.09. The number of benzene rings is 1. The third kappa shape index (κ3) is 3.19. The van der Waals surface area contributed by atoms with Gasteiger partial charge in [-0.25, -0.2) is 13.6 Å². The van der Waals surface area contributed by atoms with Gasteiger partial charge < -0.3 is 9.15 Å². The van der Waals surface area contributed by atoms with Gasteiger partial charge in [-0.1, -0.05) is 0 Å². The quantitative estimate of drug-likeness (QED) is 0.626. The number of rotatable bonds is 4. The Kier molecular flexibility index (Phi) is 4.44. The van der Waals surface area contributed by atoms with E-state index < -0.39 is 17.6 Å². The van der Waals surface area contributed by atoms with Crippen LogP contribution in [0.4, 0.5) is 8.78 Å². The molecule has 1 aromatic carbocycles. The van der Waals surface area contributed by atoms with Crippen LogP contribution in [0.5, 0.6) is 0 Å². The van der Waals surface area contributed by atoms with Crippen LogP contribution in [0.2, 0.25) is 0 Å². The maximum absolute atomic E-state index is 13.5. The smallest absolute Gasteiger partial charge is 0.373 e. The van der Waals surface area contributed by atoms with Crippen molar-refractivity contribution in [3.8, 4) is 0 Å². The Morgan fingerprint density at radius 3 is 2.75 bits per heavy atom. The number of furan rings is 1. The molecule has 0 aliphatic rings. The zero-order valence-corrected chi connectivity index (χ0v) is 11.7. The van der Waals surface area contributed by atoms with Crippen LogP contribution in [0.3, 0.4) is 0 Å². The van der Waals surface area contributed by atoms with Crippen molar-refractivity contribution < 1.29 is 22.7 Å². The summed E-state index contributed by atoms with van der Waals surface area (Å²) < 4.78 is 36.5. The van der Waals surface area contributed by atoms with Crippen LogP contribution in [0.1, 0.15) is 28.5 Å². The molecule has 2 aromatic rings. The average Bonchev–Trinajstić information content (AvgIpc) is 2.91. The Hall–Kier alpha value is -1.82. The molecule has 0 aliphatic carbocycles. The molecule has 0 saturated carbocycles. The largest absolute Gasteiger partial charge is 0.463 e. The Bertz CT molecular complexity index is 625. The van der Waals surface area contributed by atoms with E-state index in [1.54, 1.807) is 13.0 Å². The van der Waals surface area contributed by atoms with E-state index in [1.165, 1.54) is 13.2 Å². The van der Waals surface area contributed by atoms with Crippen LogP contribution in [-0.4, -0.2) is 13.1 Å². The first-order valence-electron chi connectivity index (χ1n) is 5.81. The predicted molar refractivity (Wildman–Crippen MR) is 70.7 cm³/mol. The lowest BCUT2D eigenvalue weighted by atomic mass is 10.3. The van der Waals surface area contributed by atoms with Gasteiger partial charge in [-0.05, 0) is 37.3 Å². The molecule has 2 rings (SSSR count). The summed E-state index contributed by atoms with van der Waals surface area (Å²) >= 11 is 1.11. The fraction of sp³-hybridized carbons (Fsp3) is 0.214. The number of esters is 1. The second-order valence-electron chi connectivity index (χ2n) is 4.03. The van der Waals surface area contributed by atoms with E-state index in [-0.39, 0.29) is 15.9 Å². The molecule has 0 radical (unpaired) electrons. The molecular formula is C14H12F2O3S. The van der Waals surface area contributed by atoms with E-state index >= 15 is 0 Å². The van der Waals surface area contributed by atoms with E-state index in [4.69, 9.17) is 4.42 Å². The first-order chi connectivity index (χ1) is 9.51. The molecule has 20 heavy (non-hydrogen) atoms. The van der Waals surface area contributed by atoms with Gasteiger partial charge in [0.25, 0.3) is 0 Å². The van der Waals surface area contributed by atoms with Crippen molar-refractivity contribution >= 4 is 17.7 Å². The number of hydrogen-bond donors (Lipinski definition) is 0. The first-order valence-corrected chi connectivity index (χ1v) is 6.69. The first kappa shape index (κ1) is 14.6. The molecule has 106 valence electrons. The molecule has 1 atom stereocenters. The van der Waals surface area contributed by atoms with Crippen molar-refractivity contribution in [2.24, 2.45) is 0 Å². The number of halogens is 2. The van der Waals surface area contributed by atoms with Gasteiger partial charge in [0, 0.05) is 4.90 Å². The molecule has 0 spiro atoms. The highest BCUT2D eigenvalue weighted by atomic mass is 32.2. The third-order valence-electron chi connectivity index (χ3n) is 2.61. The molecule has 0 N–H and O–H groups in total. The summed E-state index contributed by atoms with van der Waals surface area (Å²) in [4.78, 5) is 11.5. The zero-order chi connectivity index (χ0) is 14.7. The summed E-state index contributed by atoms with van der Waals surface area (Å²) in [7, 11) is 1.25. The summed E-state index contributed by atoms with van der Waals surface area (Å²) in [6.07, 6.45) is 0. The molecule has 1 aromatic heterocycles. The van der Waals surface area contributed by atoms with Crippen molar-refractivity contribution in [1.29, 1.82) is 0 Å². The minimum Gasteiger partial charge on any atom is -0.463 e. The SMILES string of the molecule is COC(=O)c1ccc(C(C)Sc2cc(F)ccc2F)o1. The van der Waals surface area contributed by atoms with E-state index in [2.05, 4.69) is 4.74 Å². The molecule has 3 nitrogen and oxygen atoms in total. The second-order valence-corrected chi connectivity index (χ2v) is 5.41. The molecule has 0 amide bonds. The number of hydrogen-bond acceptors (Lipinski definition) is 4. The Labute approximate surface area is 118 Å². The van der Waals surface area contributed by atoms with Crippen molar-refractivity contribution in [3.63, 3.8) is 0 Å². The highest BCUT2D eigenvalue weighted by Crippen LogP contribution is 2.37. The summed E-state index contributed by atoms with van der Waals surface area (Å²) in [5.41, 5.74) is 0. The third-order valence-corrected chi connectivity index (χ3v) is 3.76. The number of carbonyl (C=O) groups excluding carboxylic acids is 1. The van der Waals surface area contributed by atoms with Crippen LogP contribution in [-0.2, 0) is 4.74 Å². The highest BCUT2D eigenvalue weighted by molar-refractivity contribution is 7.99. The number of thioether (sulfide) groups is 1. The normalized spacial score (nSPS) is 12.2. The molecule has 0 aliphatic heterocycles. The van der Waals surface area contributed by atoms with Crippen molar-refractivity contribution in [2.75, 3.05) is 7.11 Å². The Balaban J connectivity index is 2.15. The fourth-order valence-corrected chi connectivity index (χ4v) is 2.58. The van der Waals surface area contributed by atoms with Gasteiger partial charge in [0.05, 0.1) is 12.4 Å². The minimum atomic E-state index is -0.578.